The average Bonchev–Trinajstić information content (AvgIpc) is 3.21. The number of aliphatic hydroxyl groups excluding tert-OH is 5. The molecule has 59 heavy (non-hydrogen) atoms. The number of phosphoric ester groups is 1. The number of carbonyl (C=O) groups is 2. The maximum atomic E-state index is 12.8. The van der Waals surface area contributed by atoms with Crippen molar-refractivity contribution in [3.8, 4) is 0 Å². The van der Waals surface area contributed by atoms with Gasteiger partial charge in [0.1, 0.15) is 43.2 Å². The van der Waals surface area contributed by atoms with Gasteiger partial charge >= 0.3 is 19.8 Å². The number of hydrogen-bond acceptors (Lipinski definition) is 12. The van der Waals surface area contributed by atoms with Crippen LogP contribution in [0.3, 0.4) is 0 Å². The Balaban J connectivity index is 2.50. The van der Waals surface area contributed by atoms with Gasteiger partial charge in [-0.15, -0.1) is 0 Å². The van der Waals surface area contributed by atoms with E-state index in [0.29, 0.717) is 12.8 Å². The summed E-state index contributed by atoms with van der Waals surface area (Å²) in [5.41, 5.74) is 0. The lowest BCUT2D eigenvalue weighted by molar-refractivity contribution is -0.220. The molecule has 0 bridgehead atoms. The van der Waals surface area contributed by atoms with E-state index >= 15 is 0 Å². The Kier molecular flexibility index (Phi) is 32.9. The average molecular weight is 859 g/mol. The van der Waals surface area contributed by atoms with Crippen LogP contribution in [0.4, 0.5) is 0 Å². The number of allylic oxidation sites excluding steroid dienone is 8. The van der Waals surface area contributed by atoms with Crippen LogP contribution in [0.1, 0.15) is 168 Å². The highest BCUT2D eigenvalue weighted by molar-refractivity contribution is 7.47. The van der Waals surface area contributed by atoms with E-state index in [4.69, 9.17) is 18.5 Å². The van der Waals surface area contributed by atoms with Crippen LogP contribution in [0.15, 0.2) is 48.6 Å². The molecule has 1 saturated carbocycles. The maximum Gasteiger partial charge on any atom is 0.472 e. The van der Waals surface area contributed by atoms with E-state index in [-0.39, 0.29) is 12.8 Å². The molecule has 1 fully saturated rings. The predicted molar refractivity (Wildman–Crippen MR) is 230 cm³/mol. The van der Waals surface area contributed by atoms with Gasteiger partial charge < -0.3 is 39.9 Å². The van der Waals surface area contributed by atoms with E-state index in [0.717, 1.165) is 70.6 Å². The molecule has 14 heteroatoms. The van der Waals surface area contributed by atoms with E-state index in [9.17, 15) is 44.6 Å². The molecular weight excluding hydrogens is 779 g/mol. The Morgan fingerprint density at radius 3 is 1.47 bits per heavy atom. The standard InChI is InChI=1S/C45H79O13P/c1-3-5-7-9-11-13-15-17-18-19-20-22-24-26-28-30-32-34-39(47)57-37(36-56-59(53,54)58-45-43(51)41(49)40(48)42(50)44(45)52)35-55-38(46)33-31-29-27-25-23-21-16-14-12-10-8-6-4-2/h5,7,11,13,17-18,20,22,37,40-45,48-52H,3-4,6,8-10,12,14-16,19,21,23-36H2,1-2H3,(H,53,54)/t37-,40?,41-,42?,43?,44?,45?/m1/s1. The first-order valence-corrected chi connectivity index (χ1v) is 23.9. The van der Waals surface area contributed by atoms with E-state index < -0.39 is 75.7 Å². The van der Waals surface area contributed by atoms with Gasteiger partial charge in [-0.3, -0.25) is 18.6 Å². The summed E-state index contributed by atoms with van der Waals surface area (Å²) < 4.78 is 33.5. The van der Waals surface area contributed by atoms with Gasteiger partial charge in [-0.1, -0.05) is 152 Å². The van der Waals surface area contributed by atoms with Gasteiger partial charge in [0.2, 0.25) is 0 Å². The van der Waals surface area contributed by atoms with Crippen LogP contribution in [0.2, 0.25) is 0 Å². The Labute approximate surface area is 354 Å². The van der Waals surface area contributed by atoms with Crippen molar-refractivity contribution in [2.45, 2.75) is 211 Å². The minimum atomic E-state index is -5.12. The Morgan fingerprint density at radius 2 is 0.966 bits per heavy atom. The van der Waals surface area contributed by atoms with Gasteiger partial charge in [0.05, 0.1) is 6.61 Å². The highest BCUT2D eigenvalue weighted by atomic mass is 31.2. The Hall–Kier alpha value is -2.19. The molecule has 1 aliphatic rings. The summed E-state index contributed by atoms with van der Waals surface area (Å²) in [5, 5.41) is 50.1. The van der Waals surface area contributed by atoms with E-state index in [1.54, 1.807) is 0 Å². The van der Waals surface area contributed by atoms with Crippen LogP contribution in [0.25, 0.3) is 0 Å². The number of rotatable bonds is 36. The number of aliphatic hydroxyl groups is 5. The highest BCUT2D eigenvalue weighted by Crippen LogP contribution is 2.47. The number of esters is 2. The van der Waals surface area contributed by atoms with Crippen molar-refractivity contribution in [2.75, 3.05) is 13.2 Å². The summed E-state index contributed by atoms with van der Waals surface area (Å²) in [5.74, 6) is -1.13. The lowest BCUT2D eigenvalue weighted by Gasteiger charge is -2.41. The van der Waals surface area contributed by atoms with Gasteiger partial charge in [-0.2, -0.15) is 0 Å². The molecule has 0 aromatic heterocycles. The fourth-order valence-electron chi connectivity index (χ4n) is 6.57. The SMILES string of the molecule is CCC=CCC=CCC=CCC=CCCCCCCC(=O)O[C@H](COC(=O)CCCCCCCCCCCCCCC)COP(=O)(O)OC1C(O)C(O)C(O)[C@@H](O)C1O. The molecule has 0 aromatic rings. The minimum absolute atomic E-state index is 0.0687. The third kappa shape index (κ3) is 28.1. The van der Waals surface area contributed by atoms with Crippen LogP contribution in [0, 0.1) is 0 Å². The topological polar surface area (TPSA) is 210 Å². The summed E-state index contributed by atoms with van der Waals surface area (Å²) in [6.07, 6.45) is 27.4. The Bertz CT molecular complexity index is 1220. The molecule has 1 rings (SSSR count). The summed E-state index contributed by atoms with van der Waals surface area (Å²) in [4.78, 5) is 35.6. The molecule has 0 aromatic carbocycles. The summed E-state index contributed by atoms with van der Waals surface area (Å²) in [7, 11) is -5.12. The third-order valence-corrected chi connectivity index (χ3v) is 11.2. The molecule has 0 aliphatic heterocycles. The van der Waals surface area contributed by atoms with Crippen LogP contribution in [-0.4, -0.2) is 98.3 Å². The Morgan fingerprint density at radius 1 is 0.542 bits per heavy atom. The molecule has 1 aliphatic carbocycles. The maximum absolute atomic E-state index is 12.8. The van der Waals surface area contributed by atoms with Crippen molar-refractivity contribution in [1.29, 1.82) is 0 Å². The second kappa shape index (κ2) is 35.4. The highest BCUT2D eigenvalue weighted by Gasteiger charge is 2.51. The largest absolute Gasteiger partial charge is 0.472 e. The number of unbranched alkanes of at least 4 members (excludes halogenated alkanes) is 16. The van der Waals surface area contributed by atoms with Crippen molar-refractivity contribution >= 4 is 19.8 Å². The van der Waals surface area contributed by atoms with Crippen LogP contribution < -0.4 is 0 Å². The van der Waals surface area contributed by atoms with Gasteiger partial charge in [0, 0.05) is 12.8 Å². The zero-order chi connectivity index (χ0) is 43.6. The predicted octanol–water partition coefficient (Wildman–Crippen LogP) is 8.39. The van der Waals surface area contributed by atoms with E-state index in [1.165, 1.54) is 57.8 Å². The smallest absolute Gasteiger partial charge is 0.462 e. The molecule has 342 valence electrons. The second-order valence-corrected chi connectivity index (χ2v) is 16.9. The van der Waals surface area contributed by atoms with Crippen LogP contribution in [0.5, 0.6) is 0 Å². The molecule has 0 saturated heterocycles. The van der Waals surface area contributed by atoms with Gasteiger partial charge in [-0.05, 0) is 51.4 Å². The van der Waals surface area contributed by atoms with Crippen molar-refractivity contribution in [2.24, 2.45) is 0 Å². The molecule has 0 heterocycles. The zero-order valence-electron chi connectivity index (χ0n) is 36.0. The number of phosphoric acid groups is 1. The first-order valence-electron chi connectivity index (χ1n) is 22.4. The third-order valence-electron chi connectivity index (χ3n) is 10.2. The first kappa shape index (κ1) is 54.8. The van der Waals surface area contributed by atoms with Crippen molar-refractivity contribution in [3.63, 3.8) is 0 Å². The van der Waals surface area contributed by atoms with Crippen molar-refractivity contribution < 1.29 is 63.1 Å². The normalized spacial score (nSPS) is 22.8. The van der Waals surface area contributed by atoms with Gasteiger partial charge in [0.15, 0.2) is 6.10 Å². The molecule has 8 atom stereocenters. The lowest BCUT2D eigenvalue weighted by Crippen LogP contribution is -2.64. The molecule has 0 spiro atoms. The fraction of sp³-hybridized carbons (Fsp3) is 0.778. The number of carbonyl (C=O) groups excluding carboxylic acids is 2. The molecule has 0 amide bonds. The number of hydrogen-bond donors (Lipinski definition) is 6. The molecule has 6 unspecified atom stereocenters. The molecule has 6 N–H and O–H groups in total. The molecular formula is C45H79O13P. The summed E-state index contributed by atoms with van der Waals surface area (Å²) in [6.45, 7) is 3.15. The van der Waals surface area contributed by atoms with E-state index in [2.05, 4.69) is 62.5 Å². The van der Waals surface area contributed by atoms with Crippen molar-refractivity contribution in [1.82, 2.24) is 0 Å². The lowest BCUT2D eigenvalue weighted by atomic mass is 9.85. The minimum Gasteiger partial charge on any atom is -0.462 e. The monoisotopic (exact) mass is 859 g/mol. The van der Waals surface area contributed by atoms with E-state index in [1.807, 2.05) is 0 Å². The molecule has 0 radical (unpaired) electrons. The zero-order valence-corrected chi connectivity index (χ0v) is 36.9. The fourth-order valence-corrected chi connectivity index (χ4v) is 7.54. The van der Waals surface area contributed by atoms with Gasteiger partial charge in [-0.25, -0.2) is 4.57 Å². The molecule has 13 nitrogen and oxygen atoms in total. The van der Waals surface area contributed by atoms with Crippen molar-refractivity contribution in [3.05, 3.63) is 48.6 Å². The quantitative estimate of drug-likeness (QED) is 0.0152. The van der Waals surface area contributed by atoms with Gasteiger partial charge in [0.25, 0.3) is 0 Å². The van der Waals surface area contributed by atoms with Crippen LogP contribution in [-0.2, 0) is 32.7 Å². The summed E-state index contributed by atoms with van der Waals surface area (Å²) >= 11 is 0. The number of ether oxygens (including phenoxy) is 2. The first-order chi connectivity index (χ1) is 28.4. The van der Waals surface area contributed by atoms with Crippen LogP contribution >= 0.6 is 7.82 Å². The second-order valence-electron chi connectivity index (χ2n) is 15.5. The summed E-state index contributed by atoms with van der Waals surface area (Å²) in [6, 6.07) is 0.